The van der Waals surface area contributed by atoms with E-state index in [0.717, 1.165) is 5.56 Å². The van der Waals surface area contributed by atoms with Gasteiger partial charge in [-0.05, 0) is 37.5 Å². The summed E-state index contributed by atoms with van der Waals surface area (Å²) >= 11 is 0. The summed E-state index contributed by atoms with van der Waals surface area (Å²) in [4.78, 5) is 11.0. The van der Waals surface area contributed by atoms with E-state index in [-0.39, 0.29) is 12.2 Å². The second-order valence-corrected chi connectivity index (χ2v) is 4.72. The normalized spacial score (nSPS) is 11.5. The third-order valence-corrected chi connectivity index (χ3v) is 2.63. The third kappa shape index (κ3) is 3.53. The van der Waals surface area contributed by atoms with Crippen LogP contribution in [-0.4, -0.2) is 18.2 Å². The summed E-state index contributed by atoms with van der Waals surface area (Å²) in [7, 11) is 1.56. The molecule has 0 saturated heterocycles. The van der Waals surface area contributed by atoms with E-state index in [1.54, 1.807) is 33.1 Å². The van der Waals surface area contributed by atoms with Gasteiger partial charge >= 0.3 is 5.97 Å². The molecule has 0 radical (unpaired) electrons. The topological polar surface area (TPSA) is 46.5 Å². The summed E-state index contributed by atoms with van der Waals surface area (Å²) in [5.74, 6) is -1.31. The Bertz CT molecular complexity index is 413. The molecule has 0 amide bonds. The van der Waals surface area contributed by atoms with E-state index in [1.807, 2.05) is 0 Å². The molecule has 1 aromatic rings. The lowest BCUT2D eigenvalue weighted by atomic mass is 9.85. The third-order valence-electron chi connectivity index (χ3n) is 2.63. The highest BCUT2D eigenvalue weighted by atomic mass is 19.1. The number of rotatable bonds is 5. The molecule has 0 fully saturated rings. The van der Waals surface area contributed by atoms with Crippen LogP contribution in [0.15, 0.2) is 18.2 Å². The molecule has 0 aliphatic rings. The zero-order valence-electron chi connectivity index (χ0n) is 10.3. The van der Waals surface area contributed by atoms with Gasteiger partial charge in [0.2, 0.25) is 0 Å². The summed E-state index contributed by atoms with van der Waals surface area (Å²) < 4.78 is 18.5. The van der Waals surface area contributed by atoms with Gasteiger partial charge in [-0.25, -0.2) is 4.39 Å². The number of methoxy groups -OCH3 is 1. The van der Waals surface area contributed by atoms with Gasteiger partial charge in [0, 0.05) is 7.11 Å². The number of halogens is 1. The van der Waals surface area contributed by atoms with Crippen molar-refractivity contribution < 1.29 is 19.0 Å². The maximum Gasteiger partial charge on any atom is 0.309 e. The molecule has 0 bridgehead atoms. The van der Waals surface area contributed by atoms with E-state index in [1.165, 1.54) is 6.07 Å². The van der Waals surface area contributed by atoms with Crippen LogP contribution in [0.2, 0.25) is 0 Å². The van der Waals surface area contributed by atoms with E-state index >= 15 is 0 Å². The lowest BCUT2D eigenvalue weighted by Gasteiger charge is -2.19. The highest BCUT2D eigenvalue weighted by Gasteiger charge is 2.28. The Hall–Kier alpha value is -1.42. The molecule has 0 heterocycles. The molecular weight excluding hydrogens is 223 g/mol. The Morgan fingerprint density at radius 2 is 2.12 bits per heavy atom. The predicted molar refractivity (Wildman–Crippen MR) is 62.2 cm³/mol. The molecule has 0 aromatic heterocycles. The Morgan fingerprint density at radius 1 is 1.47 bits per heavy atom. The molecular formula is C13H17FO3. The molecule has 94 valence electrons. The van der Waals surface area contributed by atoms with E-state index in [2.05, 4.69) is 0 Å². The van der Waals surface area contributed by atoms with Gasteiger partial charge in [-0.3, -0.25) is 4.79 Å². The van der Waals surface area contributed by atoms with Gasteiger partial charge in [-0.2, -0.15) is 0 Å². The zero-order chi connectivity index (χ0) is 13.1. The van der Waals surface area contributed by atoms with Gasteiger partial charge in [0.05, 0.1) is 12.0 Å². The summed E-state index contributed by atoms with van der Waals surface area (Å²) in [6.07, 6.45) is 0.158. The molecule has 0 spiro atoms. The monoisotopic (exact) mass is 240 g/mol. The summed E-state index contributed by atoms with van der Waals surface area (Å²) in [5, 5.41) is 9.02. The molecule has 0 atom stereocenters. The number of carboxylic acid groups (broad SMARTS) is 1. The molecule has 3 nitrogen and oxygen atoms in total. The van der Waals surface area contributed by atoms with Crippen LogP contribution in [0, 0.1) is 11.2 Å². The van der Waals surface area contributed by atoms with Crippen molar-refractivity contribution in [1.29, 1.82) is 0 Å². The maximum absolute atomic E-state index is 13.6. The van der Waals surface area contributed by atoms with Crippen LogP contribution >= 0.6 is 0 Å². The quantitative estimate of drug-likeness (QED) is 0.860. The van der Waals surface area contributed by atoms with Crippen LogP contribution in [0.5, 0.6) is 0 Å². The molecule has 0 unspecified atom stereocenters. The average Bonchev–Trinajstić information content (AvgIpc) is 2.23. The average molecular weight is 240 g/mol. The van der Waals surface area contributed by atoms with E-state index in [4.69, 9.17) is 9.84 Å². The Morgan fingerprint density at radius 3 is 2.65 bits per heavy atom. The minimum Gasteiger partial charge on any atom is -0.481 e. The number of hydrogen-bond acceptors (Lipinski definition) is 2. The second kappa shape index (κ2) is 5.27. The van der Waals surface area contributed by atoms with E-state index in [0.29, 0.717) is 12.2 Å². The summed E-state index contributed by atoms with van der Waals surface area (Å²) in [6, 6.07) is 4.64. The maximum atomic E-state index is 13.6. The first kappa shape index (κ1) is 13.6. The predicted octanol–water partition coefficient (Wildman–Crippen LogP) is 2.63. The Kier molecular flexibility index (Phi) is 4.23. The first-order chi connectivity index (χ1) is 7.86. The molecule has 1 N–H and O–H groups in total. The van der Waals surface area contributed by atoms with Crippen molar-refractivity contribution in [1.82, 2.24) is 0 Å². The highest BCUT2D eigenvalue weighted by molar-refractivity contribution is 5.74. The fraction of sp³-hybridized carbons (Fsp3) is 0.462. The standard InChI is InChI=1S/C13H17FO3/c1-13(2,12(15)16)7-10-6-9(8-17-3)4-5-11(10)14/h4-6H,7-8H2,1-3H3,(H,15,16). The summed E-state index contributed by atoms with van der Waals surface area (Å²) in [5.41, 5.74) is 0.268. The molecule has 17 heavy (non-hydrogen) atoms. The van der Waals surface area contributed by atoms with Crippen molar-refractivity contribution in [3.05, 3.63) is 35.1 Å². The zero-order valence-corrected chi connectivity index (χ0v) is 10.3. The van der Waals surface area contributed by atoms with Gasteiger partial charge in [0.1, 0.15) is 5.82 Å². The lowest BCUT2D eigenvalue weighted by molar-refractivity contribution is -0.146. The Balaban J connectivity index is 2.97. The van der Waals surface area contributed by atoms with Crippen molar-refractivity contribution >= 4 is 5.97 Å². The van der Waals surface area contributed by atoms with Crippen LogP contribution in [0.25, 0.3) is 0 Å². The van der Waals surface area contributed by atoms with E-state index < -0.39 is 11.4 Å². The van der Waals surface area contributed by atoms with Crippen molar-refractivity contribution in [2.24, 2.45) is 5.41 Å². The van der Waals surface area contributed by atoms with Crippen LogP contribution in [0.4, 0.5) is 4.39 Å². The fourth-order valence-electron chi connectivity index (χ4n) is 1.57. The SMILES string of the molecule is COCc1ccc(F)c(CC(C)(C)C(=O)O)c1. The lowest BCUT2D eigenvalue weighted by Crippen LogP contribution is -2.26. The minimum absolute atomic E-state index is 0.158. The number of carboxylic acids is 1. The number of carbonyl (C=O) groups is 1. The van der Waals surface area contributed by atoms with Gasteiger partial charge < -0.3 is 9.84 Å². The number of benzene rings is 1. The summed E-state index contributed by atoms with van der Waals surface area (Å²) in [6.45, 7) is 3.55. The molecule has 4 heteroatoms. The second-order valence-electron chi connectivity index (χ2n) is 4.72. The van der Waals surface area contributed by atoms with E-state index in [9.17, 15) is 9.18 Å². The first-order valence-electron chi connectivity index (χ1n) is 5.36. The largest absolute Gasteiger partial charge is 0.481 e. The molecule has 1 rings (SSSR count). The van der Waals surface area contributed by atoms with Gasteiger partial charge in [0.25, 0.3) is 0 Å². The van der Waals surface area contributed by atoms with Crippen LogP contribution < -0.4 is 0 Å². The van der Waals surface area contributed by atoms with Crippen LogP contribution in [-0.2, 0) is 22.6 Å². The number of ether oxygens (including phenoxy) is 1. The van der Waals surface area contributed by atoms with Crippen molar-refractivity contribution in [2.45, 2.75) is 26.9 Å². The minimum atomic E-state index is -0.980. The fourth-order valence-corrected chi connectivity index (χ4v) is 1.57. The van der Waals surface area contributed by atoms with Crippen molar-refractivity contribution in [3.8, 4) is 0 Å². The van der Waals surface area contributed by atoms with Gasteiger partial charge in [-0.15, -0.1) is 0 Å². The van der Waals surface area contributed by atoms with Crippen molar-refractivity contribution in [3.63, 3.8) is 0 Å². The smallest absolute Gasteiger partial charge is 0.309 e. The van der Waals surface area contributed by atoms with Crippen LogP contribution in [0.3, 0.4) is 0 Å². The molecule has 0 aliphatic heterocycles. The van der Waals surface area contributed by atoms with Gasteiger partial charge in [0.15, 0.2) is 0 Å². The number of hydrogen-bond donors (Lipinski definition) is 1. The van der Waals surface area contributed by atoms with Crippen molar-refractivity contribution in [2.75, 3.05) is 7.11 Å². The highest BCUT2D eigenvalue weighted by Crippen LogP contribution is 2.24. The first-order valence-corrected chi connectivity index (χ1v) is 5.36. The number of aliphatic carboxylic acids is 1. The van der Waals surface area contributed by atoms with Gasteiger partial charge in [-0.1, -0.05) is 12.1 Å². The molecule has 1 aromatic carbocycles. The Labute approximate surface area is 100 Å². The van der Waals surface area contributed by atoms with Crippen LogP contribution in [0.1, 0.15) is 25.0 Å². The molecule has 0 aliphatic carbocycles. The molecule has 0 saturated carbocycles.